The number of fused-ring (bicyclic) bond motifs is 2. The second-order valence-corrected chi connectivity index (χ2v) is 5.71. The molecule has 3 aromatic rings. The molecule has 0 bridgehead atoms. The summed E-state index contributed by atoms with van der Waals surface area (Å²) in [6, 6.07) is 8.04. The van der Waals surface area contributed by atoms with E-state index in [1.165, 1.54) is 11.9 Å². The number of hydrogen-bond donors (Lipinski definition) is 2. The molecule has 116 valence electrons. The van der Waals surface area contributed by atoms with E-state index in [1.807, 2.05) is 18.2 Å². The van der Waals surface area contributed by atoms with E-state index in [9.17, 15) is 9.59 Å². The van der Waals surface area contributed by atoms with Gasteiger partial charge in [0.15, 0.2) is 0 Å². The van der Waals surface area contributed by atoms with E-state index in [-0.39, 0.29) is 34.2 Å². The Morgan fingerprint density at radius 1 is 1.39 bits per heavy atom. The molecule has 0 fully saturated rings. The van der Waals surface area contributed by atoms with Crippen LogP contribution in [-0.2, 0) is 6.42 Å². The van der Waals surface area contributed by atoms with Crippen molar-refractivity contribution in [3.8, 4) is 0 Å². The molecule has 2 N–H and O–H groups in total. The fourth-order valence-electron chi connectivity index (χ4n) is 3.26. The SMILES string of the molecule is Cc1oc2nc[nH]c(=O)c2c1C(=O)N[C@H]1CCc2ccccc21. The van der Waals surface area contributed by atoms with Crippen molar-refractivity contribution < 1.29 is 9.21 Å². The molecule has 6 nitrogen and oxygen atoms in total. The van der Waals surface area contributed by atoms with Gasteiger partial charge in [0.05, 0.1) is 17.9 Å². The van der Waals surface area contributed by atoms with Gasteiger partial charge in [0.2, 0.25) is 5.71 Å². The quantitative estimate of drug-likeness (QED) is 0.760. The summed E-state index contributed by atoms with van der Waals surface area (Å²) in [4.78, 5) is 31.2. The summed E-state index contributed by atoms with van der Waals surface area (Å²) in [5.41, 5.74) is 2.47. The fraction of sp³-hybridized carbons (Fsp3) is 0.235. The van der Waals surface area contributed by atoms with Crippen molar-refractivity contribution in [2.75, 3.05) is 0 Å². The smallest absolute Gasteiger partial charge is 0.262 e. The number of amides is 1. The highest BCUT2D eigenvalue weighted by molar-refractivity contribution is 6.06. The minimum atomic E-state index is -0.371. The third kappa shape index (κ3) is 2.14. The van der Waals surface area contributed by atoms with Gasteiger partial charge < -0.3 is 14.7 Å². The van der Waals surface area contributed by atoms with Crippen LogP contribution in [0.1, 0.15) is 39.7 Å². The van der Waals surface area contributed by atoms with E-state index in [4.69, 9.17) is 4.42 Å². The first kappa shape index (κ1) is 13.8. The molecular weight excluding hydrogens is 294 g/mol. The third-order valence-electron chi connectivity index (χ3n) is 4.34. The first-order valence-electron chi connectivity index (χ1n) is 7.50. The molecule has 0 saturated carbocycles. The number of nitrogens with zero attached hydrogens (tertiary/aromatic N) is 1. The molecule has 1 aliphatic carbocycles. The number of carbonyl (C=O) groups is 1. The van der Waals surface area contributed by atoms with Gasteiger partial charge in [0.1, 0.15) is 11.1 Å². The molecule has 0 saturated heterocycles. The van der Waals surface area contributed by atoms with E-state index >= 15 is 0 Å². The molecule has 1 aliphatic rings. The van der Waals surface area contributed by atoms with Crippen molar-refractivity contribution in [1.82, 2.24) is 15.3 Å². The number of furan rings is 1. The third-order valence-corrected chi connectivity index (χ3v) is 4.34. The van der Waals surface area contributed by atoms with Gasteiger partial charge in [-0.25, -0.2) is 4.98 Å². The number of aryl methyl sites for hydroxylation is 2. The summed E-state index contributed by atoms with van der Waals surface area (Å²) in [7, 11) is 0. The maximum Gasteiger partial charge on any atom is 0.262 e. The van der Waals surface area contributed by atoms with Gasteiger partial charge in [0, 0.05) is 0 Å². The highest BCUT2D eigenvalue weighted by Gasteiger charge is 2.27. The maximum atomic E-state index is 12.7. The summed E-state index contributed by atoms with van der Waals surface area (Å²) in [5.74, 6) is 0.0921. The molecule has 0 radical (unpaired) electrons. The number of nitrogens with one attached hydrogen (secondary N) is 2. The van der Waals surface area contributed by atoms with Crippen LogP contribution in [0.15, 0.2) is 39.8 Å². The van der Waals surface area contributed by atoms with E-state index in [1.54, 1.807) is 6.92 Å². The van der Waals surface area contributed by atoms with Gasteiger partial charge in [-0.15, -0.1) is 0 Å². The molecule has 2 aromatic heterocycles. The summed E-state index contributed by atoms with van der Waals surface area (Å²) >= 11 is 0. The largest absolute Gasteiger partial charge is 0.442 e. The zero-order chi connectivity index (χ0) is 16.0. The van der Waals surface area contributed by atoms with Crippen molar-refractivity contribution in [1.29, 1.82) is 0 Å². The van der Waals surface area contributed by atoms with Crippen LogP contribution in [0.2, 0.25) is 0 Å². The number of hydrogen-bond acceptors (Lipinski definition) is 4. The van der Waals surface area contributed by atoms with Crippen LogP contribution in [0.3, 0.4) is 0 Å². The minimum Gasteiger partial charge on any atom is -0.442 e. The lowest BCUT2D eigenvalue weighted by Gasteiger charge is -2.13. The molecule has 0 unspecified atom stereocenters. The predicted molar refractivity (Wildman–Crippen MR) is 84.3 cm³/mol. The molecule has 1 atom stereocenters. The van der Waals surface area contributed by atoms with E-state index in [0.717, 1.165) is 18.4 Å². The number of H-pyrrole nitrogens is 1. The van der Waals surface area contributed by atoms with Gasteiger partial charge >= 0.3 is 0 Å². The topological polar surface area (TPSA) is 88.0 Å². The number of rotatable bonds is 2. The Kier molecular flexibility index (Phi) is 3.04. The summed E-state index contributed by atoms with van der Waals surface area (Å²) < 4.78 is 5.44. The Labute approximate surface area is 131 Å². The lowest BCUT2D eigenvalue weighted by Crippen LogP contribution is -2.28. The van der Waals surface area contributed by atoms with Crippen LogP contribution in [0.4, 0.5) is 0 Å². The van der Waals surface area contributed by atoms with Crippen molar-refractivity contribution in [2.45, 2.75) is 25.8 Å². The van der Waals surface area contributed by atoms with Gasteiger partial charge in [-0.2, -0.15) is 0 Å². The Bertz CT molecular complexity index is 971. The van der Waals surface area contributed by atoms with Gasteiger partial charge in [-0.1, -0.05) is 24.3 Å². The molecule has 23 heavy (non-hydrogen) atoms. The highest BCUT2D eigenvalue weighted by Crippen LogP contribution is 2.31. The molecule has 0 aliphatic heterocycles. The standard InChI is InChI=1S/C17H15N3O3/c1-9-13(14-15(21)18-8-19-17(14)23-9)16(22)20-12-7-6-10-4-2-3-5-11(10)12/h2-5,8,12H,6-7H2,1H3,(H,20,22)(H,18,19,21)/t12-/m0/s1. The highest BCUT2D eigenvalue weighted by atomic mass is 16.3. The average molecular weight is 309 g/mol. The Hall–Kier alpha value is -2.89. The van der Waals surface area contributed by atoms with Crippen LogP contribution >= 0.6 is 0 Å². The maximum absolute atomic E-state index is 12.7. The monoisotopic (exact) mass is 309 g/mol. The predicted octanol–water partition coefficient (Wildman–Crippen LogP) is 2.24. The molecule has 2 heterocycles. The molecule has 1 aromatic carbocycles. The van der Waals surface area contributed by atoms with Crippen LogP contribution in [0.25, 0.3) is 11.1 Å². The van der Waals surface area contributed by atoms with Gasteiger partial charge in [-0.3, -0.25) is 9.59 Å². The number of aromatic nitrogens is 2. The van der Waals surface area contributed by atoms with Gasteiger partial charge in [-0.05, 0) is 30.9 Å². The Morgan fingerprint density at radius 3 is 3.09 bits per heavy atom. The van der Waals surface area contributed by atoms with E-state index < -0.39 is 0 Å². The Morgan fingerprint density at radius 2 is 2.22 bits per heavy atom. The van der Waals surface area contributed by atoms with E-state index in [2.05, 4.69) is 21.4 Å². The van der Waals surface area contributed by atoms with Crippen LogP contribution in [0.5, 0.6) is 0 Å². The second-order valence-electron chi connectivity index (χ2n) is 5.71. The van der Waals surface area contributed by atoms with E-state index in [0.29, 0.717) is 5.76 Å². The van der Waals surface area contributed by atoms with Crippen LogP contribution in [0, 0.1) is 6.92 Å². The lowest BCUT2D eigenvalue weighted by atomic mass is 10.1. The van der Waals surface area contributed by atoms with Crippen LogP contribution in [-0.4, -0.2) is 15.9 Å². The molecular formula is C17H15N3O3. The van der Waals surface area contributed by atoms with Gasteiger partial charge in [0.25, 0.3) is 11.5 Å². The molecule has 6 heteroatoms. The fourth-order valence-corrected chi connectivity index (χ4v) is 3.26. The lowest BCUT2D eigenvalue weighted by molar-refractivity contribution is 0.0936. The van der Waals surface area contributed by atoms with Crippen molar-refractivity contribution in [2.24, 2.45) is 0 Å². The molecule has 1 amide bonds. The summed E-state index contributed by atoms with van der Waals surface area (Å²) in [6.07, 6.45) is 3.06. The first-order valence-corrected chi connectivity index (χ1v) is 7.50. The number of carbonyl (C=O) groups excluding carboxylic acids is 1. The average Bonchev–Trinajstić information content (AvgIpc) is 3.09. The number of aromatic amines is 1. The minimum absolute atomic E-state index is 0.0428. The Balaban J connectivity index is 1.72. The normalized spacial score (nSPS) is 16.5. The van der Waals surface area contributed by atoms with Crippen molar-refractivity contribution in [3.63, 3.8) is 0 Å². The summed E-state index contributed by atoms with van der Waals surface area (Å²) in [6.45, 7) is 1.67. The zero-order valence-electron chi connectivity index (χ0n) is 12.6. The second kappa shape index (κ2) is 5.08. The first-order chi connectivity index (χ1) is 11.1. The van der Waals surface area contributed by atoms with Crippen molar-refractivity contribution in [3.05, 3.63) is 63.4 Å². The van der Waals surface area contributed by atoms with Crippen LogP contribution < -0.4 is 10.9 Å². The number of benzene rings is 1. The van der Waals surface area contributed by atoms with Crippen molar-refractivity contribution >= 4 is 17.0 Å². The zero-order valence-corrected chi connectivity index (χ0v) is 12.6. The molecule has 0 spiro atoms. The summed E-state index contributed by atoms with van der Waals surface area (Å²) in [5, 5.41) is 3.22. The molecule has 4 rings (SSSR count).